The second kappa shape index (κ2) is 9.34. The molecule has 1 aromatic rings. The maximum absolute atomic E-state index is 17.5. The van der Waals surface area contributed by atoms with Crippen LogP contribution in [0.1, 0.15) is 52.9 Å². The topological polar surface area (TPSA) is 111 Å². The van der Waals surface area contributed by atoms with E-state index in [-0.39, 0.29) is 30.8 Å². The van der Waals surface area contributed by atoms with E-state index < -0.39 is 64.7 Å². The molecule has 0 aromatic heterocycles. The Balaban J connectivity index is 1.38. The molecule has 0 amide bonds. The molecule has 4 N–H and O–H groups in total. The molecule has 0 spiro atoms. The smallest absolute Gasteiger partial charge is 0.205 e. The van der Waals surface area contributed by atoms with Crippen LogP contribution < -0.4 is 10.5 Å². The monoisotopic (exact) mass is 559 g/mol. The lowest BCUT2D eigenvalue weighted by atomic mass is 9.44. The van der Waals surface area contributed by atoms with Crippen molar-refractivity contribution in [3.05, 3.63) is 48.1 Å². The van der Waals surface area contributed by atoms with E-state index in [1.807, 2.05) is 13.8 Å². The van der Waals surface area contributed by atoms with E-state index in [1.165, 1.54) is 18.2 Å². The van der Waals surface area contributed by atoms with E-state index in [0.717, 1.165) is 6.42 Å². The summed E-state index contributed by atoms with van der Waals surface area (Å²) < 4.78 is 52.1. The van der Waals surface area contributed by atoms with Crippen molar-refractivity contribution in [3.8, 4) is 5.75 Å². The molecule has 7 nitrogen and oxygen atoms in total. The molecule has 4 aliphatic carbocycles. The van der Waals surface area contributed by atoms with E-state index in [1.54, 1.807) is 31.2 Å². The number of nitrogens with two attached hydrogens (primary N) is 1. The van der Waals surface area contributed by atoms with Gasteiger partial charge in [0.1, 0.15) is 18.5 Å². The number of ketones is 1. The molecule has 1 unspecified atom stereocenters. The van der Waals surface area contributed by atoms with E-state index in [9.17, 15) is 15.0 Å². The average Bonchev–Trinajstić information content (AvgIpc) is 3.39. The van der Waals surface area contributed by atoms with Crippen molar-refractivity contribution >= 4 is 11.5 Å². The van der Waals surface area contributed by atoms with E-state index >= 15 is 8.78 Å². The van der Waals surface area contributed by atoms with Gasteiger partial charge in [-0.1, -0.05) is 32.4 Å². The Morgan fingerprint density at radius 2 is 1.90 bits per heavy atom. The first-order valence-corrected chi connectivity index (χ1v) is 14.4. The number of halogens is 2. The summed E-state index contributed by atoms with van der Waals surface area (Å²) in [5, 5.41) is 21.8. The lowest BCUT2D eigenvalue weighted by Crippen LogP contribution is -2.71. The van der Waals surface area contributed by atoms with Gasteiger partial charge in [0.25, 0.3) is 0 Å². The number of carbonyl (C=O) groups excluding carboxylic acids is 1. The van der Waals surface area contributed by atoms with Crippen LogP contribution in [0.4, 0.5) is 14.5 Å². The first-order valence-electron chi connectivity index (χ1n) is 14.4. The highest BCUT2D eigenvalue weighted by molar-refractivity contribution is 5.91. The van der Waals surface area contributed by atoms with Gasteiger partial charge in [-0.05, 0) is 74.4 Å². The van der Waals surface area contributed by atoms with Crippen LogP contribution in [-0.4, -0.2) is 64.6 Å². The minimum atomic E-state index is -2.20. The van der Waals surface area contributed by atoms with Crippen LogP contribution >= 0.6 is 0 Å². The minimum absolute atomic E-state index is 0.0623. The third kappa shape index (κ3) is 3.56. The van der Waals surface area contributed by atoms with E-state index in [0.29, 0.717) is 24.3 Å². The van der Waals surface area contributed by atoms with Gasteiger partial charge in [-0.2, -0.15) is 0 Å². The third-order valence-corrected chi connectivity index (χ3v) is 10.7. The summed E-state index contributed by atoms with van der Waals surface area (Å²) in [6.45, 7) is 5.16. The van der Waals surface area contributed by atoms with Gasteiger partial charge in [0.15, 0.2) is 17.6 Å². The number of ether oxygens (including phenoxy) is 3. The summed E-state index contributed by atoms with van der Waals surface area (Å²) in [6.07, 6.45) is 0.476. The number of alkyl halides is 2. The van der Waals surface area contributed by atoms with E-state index in [2.05, 4.69) is 0 Å². The molecular weight excluding hydrogens is 520 g/mol. The van der Waals surface area contributed by atoms with Crippen molar-refractivity contribution in [1.82, 2.24) is 0 Å². The zero-order valence-corrected chi connectivity index (χ0v) is 23.2. The van der Waals surface area contributed by atoms with Gasteiger partial charge in [-0.25, -0.2) is 8.78 Å². The largest absolute Gasteiger partial charge is 0.486 e. The lowest BCUT2D eigenvalue weighted by Gasteiger charge is -2.63. The molecule has 5 aliphatic rings. The predicted octanol–water partition coefficient (Wildman–Crippen LogP) is 4.22. The maximum atomic E-state index is 17.5. The SMILES string of the molecule is CCC[C@@H]1O[C@@H]2C[C@H]3[C@@H]4C[C@H](F)C5=CC(O)C=C[C@]5(C)[C@@]4(F)[C@@H](O)C[C@]3(C)[C@]2(C(=O)COc2ccc(N)cc2)O1. The predicted molar refractivity (Wildman–Crippen MR) is 144 cm³/mol. The first kappa shape index (κ1) is 27.8. The molecule has 6 rings (SSSR count). The van der Waals surface area contributed by atoms with Crippen molar-refractivity contribution in [3.63, 3.8) is 0 Å². The Kier molecular flexibility index (Phi) is 6.50. The average molecular weight is 560 g/mol. The molecule has 1 aromatic carbocycles. The van der Waals surface area contributed by atoms with Crippen LogP contribution in [0, 0.1) is 22.7 Å². The molecule has 1 heterocycles. The normalized spacial score (nSPS) is 47.1. The molecule has 4 fully saturated rings. The van der Waals surface area contributed by atoms with Crippen LogP contribution in [0.5, 0.6) is 5.75 Å². The van der Waals surface area contributed by atoms with Crippen LogP contribution in [0.3, 0.4) is 0 Å². The van der Waals surface area contributed by atoms with Crippen LogP contribution in [0.15, 0.2) is 48.1 Å². The number of carbonyl (C=O) groups is 1. The van der Waals surface area contributed by atoms with Gasteiger partial charge in [-0.15, -0.1) is 0 Å². The Labute approximate surface area is 233 Å². The Morgan fingerprint density at radius 1 is 1.18 bits per heavy atom. The van der Waals surface area contributed by atoms with Crippen LogP contribution in [-0.2, 0) is 14.3 Å². The standard InChI is InChI=1S/C31H39F2NO6/c1-4-5-27-39-26-14-20-21-13-23(32)22-12-18(35)10-11-28(22,2)30(21,33)24(36)15-29(20,3)31(26,40-27)25(37)16-38-19-8-6-17(34)7-9-19/h6-12,18,20-21,23-24,26-27,35-36H,4-5,13-16,34H2,1-3H3/t18?,20-,21-,23-,24-,26+,27+,28-,29-,30-,31+/m0/s1. The molecule has 11 atom stereocenters. The van der Waals surface area contributed by atoms with Crippen LogP contribution in [0.2, 0.25) is 0 Å². The molecule has 40 heavy (non-hydrogen) atoms. The zero-order chi connectivity index (χ0) is 28.7. The summed E-state index contributed by atoms with van der Waals surface area (Å²) in [5.41, 5.74) is 0.359. The van der Waals surface area contributed by atoms with Gasteiger partial charge in [-0.3, -0.25) is 4.79 Å². The second-order valence-electron chi connectivity index (χ2n) is 12.7. The number of aliphatic hydroxyl groups excluding tert-OH is 2. The minimum Gasteiger partial charge on any atom is -0.486 e. The van der Waals surface area contributed by atoms with Crippen molar-refractivity contribution in [2.24, 2.45) is 22.7 Å². The zero-order valence-electron chi connectivity index (χ0n) is 23.2. The van der Waals surface area contributed by atoms with Gasteiger partial charge >= 0.3 is 0 Å². The first-order chi connectivity index (χ1) is 18.9. The molecule has 9 heteroatoms. The Hall–Kier alpha value is -2.33. The second-order valence-corrected chi connectivity index (χ2v) is 12.7. The number of anilines is 1. The highest BCUT2D eigenvalue weighted by Gasteiger charge is 2.80. The number of hydrogen-bond donors (Lipinski definition) is 3. The van der Waals surface area contributed by atoms with Crippen molar-refractivity contribution in [2.45, 2.75) is 94.9 Å². The summed E-state index contributed by atoms with van der Waals surface area (Å²) >= 11 is 0. The van der Waals surface area contributed by atoms with Crippen LogP contribution in [0.25, 0.3) is 0 Å². The highest BCUT2D eigenvalue weighted by atomic mass is 19.1. The number of allylic oxidation sites excluding steroid dienone is 2. The van der Waals surface area contributed by atoms with Gasteiger partial charge < -0.3 is 30.2 Å². The summed E-state index contributed by atoms with van der Waals surface area (Å²) in [7, 11) is 0. The fraction of sp³-hybridized carbons (Fsp3) is 0.645. The fourth-order valence-corrected chi connectivity index (χ4v) is 8.82. The third-order valence-electron chi connectivity index (χ3n) is 10.7. The number of Topliss-reactive ketones (excluding diaryl/α,β-unsaturated/α-hetero) is 1. The molecule has 3 saturated carbocycles. The molecule has 0 bridgehead atoms. The molecule has 1 saturated heterocycles. The van der Waals surface area contributed by atoms with Gasteiger partial charge in [0.2, 0.25) is 5.78 Å². The number of rotatable bonds is 6. The number of fused-ring (bicyclic) bond motifs is 7. The quantitative estimate of drug-likeness (QED) is 0.354. The summed E-state index contributed by atoms with van der Waals surface area (Å²) in [5.74, 6) is -1.26. The molecule has 218 valence electrons. The number of nitrogen functional groups attached to an aromatic ring is 1. The summed E-state index contributed by atoms with van der Waals surface area (Å²) in [4.78, 5) is 14.2. The fourth-order valence-electron chi connectivity index (χ4n) is 8.82. The van der Waals surface area contributed by atoms with Crippen molar-refractivity contribution in [2.75, 3.05) is 12.3 Å². The molecule has 0 radical (unpaired) electrons. The number of hydrogen-bond acceptors (Lipinski definition) is 7. The lowest BCUT2D eigenvalue weighted by molar-refractivity contribution is -0.234. The molecule has 1 aliphatic heterocycles. The highest BCUT2D eigenvalue weighted by Crippen LogP contribution is 2.72. The molecular formula is C31H39F2NO6. The maximum Gasteiger partial charge on any atom is 0.205 e. The number of benzene rings is 1. The Morgan fingerprint density at radius 3 is 2.60 bits per heavy atom. The van der Waals surface area contributed by atoms with Gasteiger partial charge in [0, 0.05) is 22.4 Å². The number of aliphatic hydroxyl groups is 2. The van der Waals surface area contributed by atoms with E-state index in [4.69, 9.17) is 19.9 Å². The van der Waals surface area contributed by atoms with Gasteiger partial charge in [0.05, 0.1) is 18.3 Å². The Bertz CT molecular complexity index is 1240. The van der Waals surface area contributed by atoms with Crippen molar-refractivity contribution in [1.29, 1.82) is 0 Å². The van der Waals surface area contributed by atoms with Crippen molar-refractivity contribution < 1.29 is 38.0 Å². The summed E-state index contributed by atoms with van der Waals surface area (Å²) in [6, 6.07) is 6.71.